The highest BCUT2D eigenvalue weighted by Crippen LogP contribution is 2.20. The second-order valence-electron chi connectivity index (χ2n) is 5.41. The van der Waals surface area contributed by atoms with Crippen LogP contribution in [-0.2, 0) is 13.1 Å². The lowest BCUT2D eigenvalue weighted by Crippen LogP contribution is -2.20. The van der Waals surface area contributed by atoms with E-state index in [4.69, 9.17) is 4.74 Å². The molecule has 0 saturated heterocycles. The van der Waals surface area contributed by atoms with Gasteiger partial charge in [0.05, 0.1) is 12.2 Å². The molecule has 0 radical (unpaired) electrons. The number of ether oxygens (including phenoxy) is 1. The monoisotopic (exact) mass is 349 g/mol. The molecule has 1 N–H and O–H groups in total. The first-order valence-electron chi connectivity index (χ1n) is 7.35. The zero-order valence-corrected chi connectivity index (χ0v) is 13.8. The van der Waals surface area contributed by atoms with Gasteiger partial charge in [-0.25, -0.2) is 4.98 Å². The Morgan fingerprint density at radius 1 is 1.43 bits per heavy atom. The van der Waals surface area contributed by atoms with Gasteiger partial charge in [0.2, 0.25) is 0 Å². The molecule has 0 bridgehead atoms. The van der Waals surface area contributed by atoms with Crippen LogP contribution in [0.3, 0.4) is 0 Å². The third-order valence-corrected chi connectivity index (χ3v) is 4.16. The summed E-state index contributed by atoms with van der Waals surface area (Å²) in [6.45, 7) is 4.40. The molecule has 1 aromatic carbocycles. The minimum atomic E-state index is 0.643. The SMILES string of the molecule is Cc1ncc(CNC2CC2)n1CCOc1cccc(Br)c1. The molecule has 0 unspecified atom stereocenters. The van der Waals surface area contributed by atoms with Crippen LogP contribution >= 0.6 is 15.9 Å². The van der Waals surface area contributed by atoms with Gasteiger partial charge in [-0.2, -0.15) is 0 Å². The van der Waals surface area contributed by atoms with Gasteiger partial charge in [-0.3, -0.25) is 0 Å². The van der Waals surface area contributed by atoms with Crippen LogP contribution in [0.25, 0.3) is 0 Å². The number of nitrogens with zero attached hydrogens (tertiary/aromatic N) is 2. The first-order chi connectivity index (χ1) is 10.2. The summed E-state index contributed by atoms with van der Waals surface area (Å²) in [7, 11) is 0. The fourth-order valence-corrected chi connectivity index (χ4v) is 2.69. The van der Waals surface area contributed by atoms with Gasteiger partial charge >= 0.3 is 0 Å². The Balaban J connectivity index is 1.55. The minimum absolute atomic E-state index is 0.643. The Morgan fingerprint density at radius 2 is 2.29 bits per heavy atom. The van der Waals surface area contributed by atoms with Crippen LogP contribution in [-0.4, -0.2) is 22.2 Å². The van der Waals surface area contributed by atoms with Crippen molar-refractivity contribution in [2.45, 2.75) is 38.9 Å². The molecule has 1 fully saturated rings. The number of nitrogens with one attached hydrogen (secondary N) is 1. The van der Waals surface area contributed by atoms with Crippen molar-refractivity contribution in [3.63, 3.8) is 0 Å². The number of aromatic nitrogens is 2. The van der Waals surface area contributed by atoms with E-state index in [9.17, 15) is 0 Å². The molecule has 3 rings (SSSR count). The van der Waals surface area contributed by atoms with Crippen molar-refractivity contribution in [3.8, 4) is 5.75 Å². The molecule has 2 aromatic rings. The predicted octanol–water partition coefficient (Wildman–Crippen LogP) is 3.29. The highest BCUT2D eigenvalue weighted by molar-refractivity contribution is 9.10. The molecular weight excluding hydrogens is 330 g/mol. The summed E-state index contributed by atoms with van der Waals surface area (Å²) < 4.78 is 9.07. The van der Waals surface area contributed by atoms with Gasteiger partial charge in [0.1, 0.15) is 18.2 Å². The van der Waals surface area contributed by atoms with E-state index in [1.165, 1.54) is 18.5 Å². The fraction of sp³-hybridized carbons (Fsp3) is 0.438. The molecule has 21 heavy (non-hydrogen) atoms. The number of hydrogen-bond donors (Lipinski definition) is 1. The molecule has 112 valence electrons. The van der Waals surface area contributed by atoms with Gasteiger partial charge in [-0.05, 0) is 38.0 Å². The Labute approximate surface area is 133 Å². The van der Waals surface area contributed by atoms with Gasteiger partial charge in [-0.1, -0.05) is 22.0 Å². The number of benzene rings is 1. The zero-order chi connectivity index (χ0) is 14.7. The van der Waals surface area contributed by atoms with Crippen LogP contribution in [0.1, 0.15) is 24.4 Å². The normalized spacial score (nSPS) is 14.4. The summed E-state index contributed by atoms with van der Waals surface area (Å²) in [5, 5.41) is 3.53. The predicted molar refractivity (Wildman–Crippen MR) is 86.5 cm³/mol. The average Bonchev–Trinajstić information content (AvgIpc) is 3.23. The van der Waals surface area contributed by atoms with Crippen LogP contribution in [0.4, 0.5) is 0 Å². The molecular formula is C16H20BrN3O. The van der Waals surface area contributed by atoms with Crippen LogP contribution in [0.15, 0.2) is 34.9 Å². The van der Waals surface area contributed by atoms with Gasteiger partial charge in [0, 0.05) is 23.3 Å². The topological polar surface area (TPSA) is 39.1 Å². The maximum absolute atomic E-state index is 5.81. The second kappa shape index (κ2) is 6.62. The van der Waals surface area contributed by atoms with Crippen LogP contribution in [0.5, 0.6) is 5.75 Å². The van der Waals surface area contributed by atoms with E-state index in [1.807, 2.05) is 37.4 Å². The molecule has 0 aliphatic heterocycles. The number of hydrogen-bond acceptors (Lipinski definition) is 3. The van der Waals surface area contributed by atoms with Gasteiger partial charge in [-0.15, -0.1) is 0 Å². The van der Waals surface area contributed by atoms with Crippen molar-refractivity contribution in [3.05, 3.63) is 46.5 Å². The largest absolute Gasteiger partial charge is 0.492 e. The fourth-order valence-electron chi connectivity index (χ4n) is 2.31. The molecule has 1 heterocycles. The first kappa shape index (κ1) is 14.6. The maximum atomic E-state index is 5.81. The van der Waals surface area contributed by atoms with Crippen LogP contribution < -0.4 is 10.1 Å². The van der Waals surface area contributed by atoms with Crippen molar-refractivity contribution >= 4 is 15.9 Å². The van der Waals surface area contributed by atoms with E-state index in [0.29, 0.717) is 12.6 Å². The Hall–Kier alpha value is -1.33. The lowest BCUT2D eigenvalue weighted by atomic mass is 10.3. The van der Waals surface area contributed by atoms with Gasteiger partial charge in [0.25, 0.3) is 0 Å². The first-order valence-corrected chi connectivity index (χ1v) is 8.14. The molecule has 1 saturated carbocycles. The Morgan fingerprint density at radius 3 is 3.05 bits per heavy atom. The lowest BCUT2D eigenvalue weighted by molar-refractivity contribution is 0.294. The van der Waals surface area contributed by atoms with Crippen LogP contribution in [0, 0.1) is 6.92 Å². The summed E-state index contributed by atoms with van der Waals surface area (Å²) in [5.74, 6) is 1.93. The zero-order valence-electron chi connectivity index (χ0n) is 12.2. The number of imidazole rings is 1. The molecule has 0 spiro atoms. The minimum Gasteiger partial charge on any atom is -0.492 e. The van der Waals surface area contributed by atoms with Crippen molar-refractivity contribution in [2.75, 3.05) is 6.61 Å². The quantitative estimate of drug-likeness (QED) is 0.833. The van der Waals surface area contributed by atoms with E-state index >= 15 is 0 Å². The van der Waals surface area contributed by atoms with E-state index in [0.717, 1.165) is 29.1 Å². The number of halogens is 1. The molecule has 1 aliphatic rings. The maximum Gasteiger partial charge on any atom is 0.120 e. The molecule has 4 nitrogen and oxygen atoms in total. The summed E-state index contributed by atoms with van der Waals surface area (Å²) >= 11 is 3.45. The van der Waals surface area contributed by atoms with E-state index in [-0.39, 0.29) is 0 Å². The van der Waals surface area contributed by atoms with Crippen molar-refractivity contribution in [2.24, 2.45) is 0 Å². The standard InChI is InChI=1S/C16H20BrN3O/c1-12-18-10-15(11-19-14-5-6-14)20(12)7-8-21-16-4-2-3-13(17)9-16/h2-4,9-10,14,19H,5-8,11H2,1H3. The van der Waals surface area contributed by atoms with Crippen molar-refractivity contribution < 1.29 is 4.74 Å². The van der Waals surface area contributed by atoms with Gasteiger partial charge in [0.15, 0.2) is 0 Å². The third kappa shape index (κ3) is 4.08. The van der Waals surface area contributed by atoms with Crippen molar-refractivity contribution in [1.29, 1.82) is 0 Å². The highest BCUT2D eigenvalue weighted by atomic mass is 79.9. The lowest BCUT2D eigenvalue weighted by Gasteiger charge is -2.12. The van der Waals surface area contributed by atoms with E-state index in [1.54, 1.807) is 0 Å². The van der Waals surface area contributed by atoms with Crippen LogP contribution in [0.2, 0.25) is 0 Å². The molecule has 1 aromatic heterocycles. The van der Waals surface area contributed by atoms with E-state index < -0.39 is 0 Å². The number of rotatable bonds is 7. The summed E-state index contributed by atoms with van der Waals surface area (Å²) in [6.07, 6.45) is 4.57. The highest BCUT2D eigenvalue weighted by Gasteiger charge is 2.20. The average molecular weight is 350 g/mol. The second-order valence-corrected chi connectivity index (χ2v) is 6.33. The smallest absolute Gasteiger partial charge is 0.120 e. The molecule has 5 heteroatoms. The third-order valence-electron chi connectivity index (χ3n) is 3.67. The Kier molecular flexibility index (Phi) is 4.60. The molecule has 1 aliphatic carbocycles. The summed E-state index contributed by atoms with van der Waals surface area (Å²) in [5.41, 5.74) is 1.23. The Bertz CT molecular complexity index is 607. The molecule has 0 amide bonds. The van der Waals surface area contributed by atoms with E-state index in [2.05, 4.69) is 30.8 Å². The summed E-state index contributed by atoms with van der Waals surface area (Å²) in [4.78, 5) is 4.41. The van der Waals surface area contributed by atoms with Gasteiger partial charge < -0.3 is 14.6 Å². The van der Waals surface area contributed by atoms with Crippen molar-refractivity contribution in [1.82, 2.24) is 14.9 Å². The number of aryl methyl sites for hydroxylation is 1. The summed E-state index contributed by atoms with van der Waals surface area (Å²) in [6, 6.07) is 8.64. The molecule has 0 atom stereocenters.